The van der Waals surface area contributed by atoms with Crippen LogP contribution in [0.1, 0.15) is 12.8 Å². The summed E-state index contributed by atoms with van der Waals surface area (Å²) < 4.78 is 23.2. The van der Waals surface area contributed by atoms with E-state index >= 15 is 0 Å². The molecule has 0 aromatic carbocycles. The van der Waals surface area contributed by atoms with Crippen LogP contribution in [0.4, 0.5) is 8.78 Å². The third kappa shape index (κ3) is 0.695. The first kappa shape index (κ1) is 5.91. The number of hydrogen-bond acceptors (Lipinski definition) is 2. The highest BCUT2D eigenvalue weighted by Gasteiger charge is 2.60. The molecule has 0 aromatic rings. The monoisotopic (exact) mass is 124 g/mol. The summed E-state index contributed by atoms with van der Waals surface area (Å²) in [7, 11) is 0. The standard InChI is InChI=1S/C4H6F2O2/c5-4(6,8)3(7)1-2-3/h7-8H,1-2H2. The molecule has 4 heteroatoms. The lowest BCUT2D eigenvalue weighted by molar-refractivity contribution is -0.271. The molecule has 1 rings (SSSR count). The van der Waals surface area contributed by atoms with E-state index in [1.807, 2.05) is 0 Å². The fourth-order valence-corrected chi connectivity index (χ4v) is 0.419. The SMILES string of the molecule is OC(F)(F)C1(O)CC1. The van der Waals surface area contributed by atoms with Gasteiger partial charge in [0.25, 0.3) is 0 Å². The highest BCUT2D eigenvalue weighted by Crippen LogP contribution is 2.46. The van der Waals surface area contributed by atoms with E-state index < -0.39 is 11.7 Å². The van der Waals surface area contributed by atoms with Crippen molar-refractivity contribution < 1.29 is 19.0 Å². The van der Waals surface area contributed by atoms with Crippen LogP contribution in [0, 0.1) is 0 Å². The Hall–Kier alpha value is -0.220. The summed E-state index contributed by atoms with van der Waals surface area (Å²) in [4.78, 5) is 0. The van der Waals surface area contributed by atoms with E-state index in [1.54, 1.807) is 0 Å². The molecule has 0 spiro atoms. The molecule has 0 saturated heterocycles. The highest BCUT2D eigenvalue weighted by molar-refractivity contribution is 4.99. The minimum Gasteiger partial charge on any atom is -0.381 e. The summed E-state index contributed by atoms with van der Waals surface area (Å²) in [5.74, 6) is 0. The lowest BCUT2D eigenvalue weighted by Crippen LogP contribution is -2.34. The lowest BCUT2D eigenvalue weighted by atomic mass is 10.3. The smallest absolute Gasteiger partial charge is 0.381 e. The van der Waals surface area contributed by atoms with Crippen LogP contribution in [0.2, 0.25) is 0 Å². The van der Waals surface area contributed by atoms with Crippen molar-refractivity contribution in [1.82, 2.24) is 0 Å². The van der Waals surface area contributed by atoms with Gasteiger partial charge in [0, 0.05) is 0 Å². The molecule has 2 nitrogen and oxygen atoms in total. The molecule has 0 atom stereocenters. The molecule has 0 radical (unpaired) electrons. The Morgan fingerprint density at radius 3 is 1.75 bits per heavy atom. The molecule has 48 valence electrons. The molecular formula is C4H6F2O2. The molecular weight excluding hydrogens is 118 g/mol. The van der Waals surface area contributed by atoms with Gasteiger partial charge >= 0.3 is 6.11 Å². The minimum atomic E-state index is -3.90. The summed E-state index contributed by atoms with van der Waals surface area (Å²) in [6.07, 6.45) is -3.90. The largest absolute Gasteiger partial charge is 0.381 e. The molecule has 0 heterocycles. The molecule has 0 unspecified atom stereocenters. The molecule has 1 fully saturated rings. The molecule has 0 bridgehead atoms. The Balaban J connectivity index is 2.58. The van der Waals surface area contributed by atoms with Crippen LogP contribution in [0.15, 0.2) is 0 Å². The topological polar surface area (TPSA) is 40.5 Å². The van der Waals surface area contributed by atoms with Crippen molar-refractivity contribution in [1.29, 1.82) is 0 Å². The minimum absolute atomic E-state index is 0.00347. The van der Waals surface area contributed by atoms with Crippen molar-refractivity contribution >= 4 is 0 Å². The average Bonchev–Trinajstić information content (AvgIpc) is 2.16. The quantitative estimate of drug-likeness (QED) is 0.520. The van der Waals surface area contributed by atoms with Gasteiger partial charge in [0.1, 0.15) is 0 Å². The first-order valence-electron chi connectivity index (χ1n) is 2.28. The summed E-state index contributed by atoms with van der Waals surface area (Å²) in [5, 5.41) is 16.3. The maximum atomic E-state index is 11.6. The van der Waals surface area contributed by atoms with E-state index in [2.05, 4.69) is 0 Å². The Morgan fingerprint density at radius 2 is 1.75 bits per heavy atom. The average molecular weight is 124 g/mol. The summed E-state index contributed by atoms with van der Waals surface area (Å²) >= 11 is 0. The number of aliphatic hydroxyl groups is 2. The van der Waals surface area contributed by atoms with Crippen molar-refractivity contribution in [2.75, 3.05) is 0 Å². The first-order chi connectivity index (χ1) is 3.46. The number of rotatable bonds is 1. The van der Waals surface area contributed by atoms with Crippen LogP contribution in [0.3, 0.4) is 0 Å². The lowest BCUT2D eigenvalue weighted by Gasteiger charge is -2.13. The van der Waals surface area contributed by atoms with Crippen LogP contribution in [-0.2, 0) is 0 Å². The van der Waals surface area contributed by atoms with E-state index in [1.165, 1.54) is 0 Å². The number of hydrogen-bond donors (Lipinski definition) is 2. The predicted molar refractivity (Wildman–Crippen MR) is 21.3 cm³/mol. The van der Waals surface area contributed by atoms with Gasteiger partial charge in [-0.1, -0.05) is 0 Å². The zero-order chi connectivity index (χ0) is 6.41. The number of alkyl halides is 2. The van der Waals surface area contributed by atoms with Gasteiger partial charge in [-0.15, -0.1) is 0 Å². The third-order valence-corrected chi connectivity index (χ3v) is 1.28. The first-order valence-corrected chi connectivity index (χ1v) is 2.28. The second-order valence-corrected chi connectivity index (χ2v) is 2.07. The molecule has 0 aromatic heterocycles. The van der Waals surface area contributed by atoms with Gasteiger partial charge in [0.2, 0.25) is 0 Å². The van der Waals surface area contributed by atoms with Gasteiger partial charge in [-0.25, -0.2) is 0 Å². The molecule has 0 aliphatic heterocycles. The van der Waals surface area contributed by atoms with Crippen LogP contribution >= 0.6 is 0 Å². The second kappa shape index (κ2) is 1.19. The maximum Gasteiger partial charge on any atom is 0.381 e. The van der Waals surface area contributed by atoms with Crippen molar-refractivity contribution in [3.8, 4) is 0 Å². The highest BCUT2D eigenvalue weighted by atomic mass is 19.3. The van der Waals surface area contributed by atoms with Gasteiger partial charge in [0.05, 0.1) is 0 Å². The van der Waals surface area contributed by atoms with Gasteiger partial charge in [-0.3, -0.25) is 0 Å². The molecule has 1 saturated carbocycles. The molecule has 0 amide bonds. The van der Waals surface area contributed by atoms with Crippen molar-refractivity contribution in [3.63, 3.8) is 0 Å². The Labute approximate surface area is 44.7 Å². The second-order valence-electron chi connectivity index (χ2n) is 2.07. The van der Waals surface area contributed by atoms with Gasteiger partial charge < -0.3 is 10.2 Å². The normalized spacial score (nSPS) is 25.5. The van der Waals surface area contributed by atoms with E-state index in [0.29, 0.717) is 0 Å². The van der Waals surface area contributed by atoms with E-state index in [0.717, 1.165) is 0 Å². The van der Waals surface area contributed by atoms with Gasteiger partial charge in [-0.05, 0) is 12.8 Å². The Morgan fingerprint density at radius 1 is 1.38 bits per heavy atom. The summed E-state index contributed by atoms with van der Waals surface area (Å²) in [6.45, 7) is 0. The van der Waals surface area contributed by atoms with E-state index in [9.17, 15) is 8.78 Å². The van der Waals surface area contributed by atoms with Crippen LogP contribution in [-0.4, -0.2) is 21.9 Å². The summed E-state index contributed by atoms with van der Waals surface area (Å²) in [6, 6.07) is 0. The van der Waals surface area contributed by atoms with Crippen LogP contribution in [0.25, 0.3) is 0 Å². The van der Waals surface area contributed by atoms with E-state index in [-0.39, 0.29) is 12.8 Å². The maximum absolute atomic E-state index is 11.6. The molecule has 2 N–H and O–H groups in total. The fraction of sp³-hybridized carbons (Fsp3) is 1.00. The third-order valence-electron chi connectivity index (χ3n) is 1.28. The van der Waals surface area contributed by atoms with Crippen LogP contribution < -0.4 is 0 Å². The molecule has 1 aliphatic rings. The van der Waals surface area contributed by atoms with Crippen LogP contribution in [0.5, 0.6) is 0 Å². The van der Waals surface area contributed by atoms with Crippen molar-refractivity contribution in [2.24, 2.45) is 0 Å². The zero-order valence-corrected chi connectivity index (χ0v) is 4.06. The summed E-state index contributed by atoms with van der Waals surface area (Å²) in [5.41, 5.74) is -2.09. The van der Waals surface area contributed by atoms with Crippen molar-refractivity contribution in [2.45, 2.75) is 24.6 Å². The zero-order valence-electron chi connectivity index (χ0n) is 4.06. The number of halogens is 2. The predicted octanol–water partition coefficient (Wildman–Crippen LogP) is 0.0964. The Kier molecular flexibility index (Phi) is 0.881. The fourth-order valence-electron chi connectivity index (χ4n) is 0.419. The molecule has 1 aliphatic carbocycles. The molecule has 8 heavy (non-hydrogen) atoms. The van der Waals surface area contributed by atoms with Crippen molar-refractivity contribution in [3.05, 3.63) is 0 Å². The Bertz CT molecular complexity index is 99.9. The van der Waals surface area contributed by atoms with Gasteiger partial charge in [-0.2, -0.15) is 8.78 Å². The van der Waals surface area contributed by atoms with E-state index in [4.69, 9.17) is 10.2 Å². The van der Waals surface area contributed by atoms with Gasteiger partial charge in [0.15, 0.2) is 5.60 Å².